The number of rotatable bonds is 6. The van der Waals surface area contributed by atoms with Gasteiger partial charge in [-0.25, -0.2) is 5.43 Å². The van der Waals surface area contributed by atoms with Gasteiger partial charge in [-0.2, -0.15) is 10.4 Å². The molecule has 0 spiro atoms. The summed E-state index contributed by atoms with van der Waals surface area (Å²) >= 11 is 1.53. The molecule has 0 bridgehead atoms. The Bertz CT molecular complexity index is 580. The molecule has 1 aliphatic rings. The average Bonchev–Trinajstić information content (AvgIpc) is 2.59. The summed E-state index contributed by atoms with van der Waals surface area (Å²) < 4.78 is 0. The number of nitrogens with one attached hydrogen (secondary N) is 1. The van der Waals surface area contributed by atoms with Crippen LogP contribution in [0.25, 0.3) is 0 Å². The summed E-state index contributed by atoms with van der Waals surface area (Å²) in [4.78, 5) is 13.3. The molecule has 23 heavy (non-hydrogen) atoms. The summed E-state index contributed by atoms with van der Waals surface area (Å²) in [6.07, 6.45) is 5.70. The van der Waals surface area contributed by atoms with E-state index in [0.717, 1.165) is 36.3 Å². The Morgan fingerprint density at radius 3 is 2.96 bits per heavy atom. The molecule has 1 saturated carbocycles. The Kier molecular flexibility index (Phi) is 7.15. The van der Waals surface area contributed by atoms with E-state index in [1.165, 1.54) is 18.2 Å². The molecule has 0 unspecified atom stereocenters. The topological polar surface area (TPSA) is 65.2 Å². The Morgan fingerprint density at radius 2 is 2.22 bits per heavy atom. The van der Waals surface area contributed by atoms with Gasteiger partial charge in [-0.3, -0.25) is 4.79 Å². The smallest absolute Gasteiger partial charge is 0.253 e. The largest absolute Gasteiger partial charge is 0.272 e. The average molecular weight is 329 g/mol. The van der Waals surface area contributed by atoms with Crippen molar-refractivity contribution in [2.24, 2.45) is 11.0 Å². The van der Waals surface area contributed by atoms with Crippen LogP contribution < -0.4 is 5.43 Å². The minimum absolute atomic E-state index is 0.0732. The molecule has 2 atom stereocenters. The number of nitrogens with zero attached hydrogens (tertiary/aromatic N) is 2. The predicted octanol–water partition coefficient (Wildman–Crippen LogP) is 4.13. The van der Waals surface area contributed by atoms with Crippen molar-refractivity contribution >= 4 is 23.4 Å². The molecule has 2 rings (SSSR count). The number of amides is 1. The van der Waals surface area contributed by atoms with Crippen LogP contribution in [0.4, 0.5) is 0 Å². The first-order chi connectivity index (χ1) is 11.2. The lowest BCUT2D eigenvalue weighted by molar-refractivity contribution is -0.120. The summed E-state index contributed by atoms with van der Waals surface area (Å²) in [6.45, 7) is 1.89. The lowest BCUT2D eigenvalue weighted by Gasteiger charge is -2.23. The standard InChI is InChI=1S/C18H23N3OS/c1-14(23-16-10-3-2-4-11-16)18(22)21-20-17-12-6-5-8-15(17)9-7-13-19/h2-4,10-11,14-15H,5-9,12H2,1H3,(H,21,22)/b20-17-/t14-,15+/m0/s1. The first kappa shape index (κ1) is 17.6. The number of thioether (sulfide) groups is 1. The summed E-state index contributed by atoms with van der Waals surface area (Å²) in [5.74, 6) is 0.275. The predicted molar refractivity (Wildman–Crippen MR) is 94.1 cm³/mol. The van der Waals surface area contributed by atoms with E-state index in [0.29, 0.717) is 12.3 Å². The molecular formula is C18H23N3OS. The summed E-state index contributed by atoms with van der Waals surface area (Å²) in [7, 11) is 0. The van der Waals surface area contributed by atoms with Crippen LogP contribution in [0.5, 0.6) is 0 Å². The van der Waals surface area contributed by atoms with Gasteiger partial charge in [0.15, 0.2) is 0 Å². The van der Waals surface area contributed by atoms with Crippen LogP contribution in [0, 0.1) is 17.2 Å². The van der Waals surface area contributed by atoms with Crippen LogP contribution in [0.3, 0.4) is 0 Å². The third kappa shape index (κ3) is 5.72. The number of hydrogen-bond acceptors (Lipinski definition) is 4. The fourth-order valence-electron chi connectivity index (χ4n) is 2.74. The quantitative estimate of drug-likeness (QED) is 0.630. The molecular weight excluding hydrogens is 306 g/mol. The monoisotopic (exact) mass is 329 g/mol. The number of carbonyl (C=O) groups is 1. The zero-order chi connectivity index (χ0) is 16.5. The summed E-state index contributed by atoms with van der Waals surface area (Å²) in [5.41, 5.74) is 3.78. The molecule has 1 aromatic carbocycles. The van der Waals surface area contributed by atoms with Crippen molar-refractivity contribution in [1.82, 2.24) is 5.43 Å². The summed E-state index contributed by atoms with van der Waals surface area (Å²) in [5, 5.41) is 12.9. The highest BCUT2D eigenvalue weighted by Gasteiger charge is 2.21. The number of benzene rings is 1. The molecule has 0 heterocycles. The van der Waals surface area contributed by atoms with Gasteiger partial charge in [0.1, 0.15) is 0 Å². The third-order valence-corrected chi connectivity index (χ3v) is 5.16. The van der Waals surface area contributed by atoms with Gasteiger partial charge in [0.05, 0.1) is 11.3 Å². The minimum atomic E-state index is -0.192. The molecule has 0 radical (unpaired) electrons. The van der Waals surface area contributed by atoms with E-state index in [1.807, 2.05) is 37.3 Å². The molecule has 1 aromatic rings. The molecule has 1 N–H and O–H groups in total. The van der Waals surface area contributed by atoms with Crippen molar-refractivity contribution in [3.05, 3.63) is 30.3 Å². The Hall–Kier alpha value is -1.80. The number of hydrazone groups is 1. The number of nitriles is 1. The van der Waals surface area contributed by atoms with Gasteiger partial charge in [-0.15, -0.1) is 11.8 Å². The normalized spacial score (nSPS) is 20.7. The maximum Gasteiger partial charge on any atom is 0.253 e. The van der Waals surface area contributed by atoms with Gasteiger partial charge in [0.2, 0.25) is 0 Å². The van der Waals surface area contributed by atoms with E-state index >= 15 is 0 Å². The van der Waals surface area contributed by atoms with Crippen LogP contribution in [-0.2, 0) is 4.79 Å². The van der Waals surface area contributed by atoms with Gasteiger partial charge in [-0.1, -0.05) is 24.6 Å². The molecule has 4 nitrogen and oxygen atoms in total. The Labute approximate surface area is 142 Å². The maximum absolute atomic E-state index is 12.2. The van der Waals surface area contributed by atoms with Crippen LogP contribution >= 0.6 is 11.8 Å². The second-order valence-electron chi connectivity index (χ2n) is 5.79. The van der Waals surface area contributed by atoms with E-state index in [-0.39, 0.29) is 11.2 Å². The van der Waals surface area contributed by atoms with Crippen LogP contribution in [-0.4, -0.2) is 16.9 Å². The molecule has 0 saturated heterocycles. The van der Waals surface area contributed by atoms with E-state index in [4.69, 9.17) is 5.26 Å². The van der Waals surface area contributed by atoms with Crippen molar-refractivity contribution in [1.29, 1.82) is 5.26 Å². The molecule has 122 valence electrons. The second-order valence-corrected chi connectivity index (χ2v) is 7.21. The molecule has 1 fully saturated rings. The van der Waals surface area contributed by atoms with E-state index in [1.54, 1.807) is 0 Å². The lowest BCUT2D eigenvalue weighted by atomic mass is 9.84. The van der Waals surface area contributed by atoms with Gasteiger partial charge in [-0.05, 0) is 44.7 Å². The lowest BCUT2D eigenvalue weighted by Crippen LogP contribution is -2.30. The van der Waals surface area contributed by atoms with Crippen molar-refractivity contribution in [2.45, 2.75) is 55.6 Å². The van der Waals surface area contributed by atoms with Crippen molar-refractivity contribution in [3.8, 4) is 6.07 Å². The fourth-order valence-corrected chi connectivity index (χ4v) is 3.62. The number of carbonyl (C=O) groups excluding carboxylic acids is 1. The van der Waals surface area contributed by atoms with E-state index < -0.39 is 0 Å². The molecule has 1 aliphatic carbocycles. The van der Waals surface area contributed by atoms with Crippen molar-refractivity contribution in [3.63, 3.8) is 0 Å². The third-order valence-electron chi connectivity index (χ3n) is 4.05. The van der Waals surface area contributed by atoms with E-state index in [2.05, 4.69) is 16.6 Å². The minimum Gasteiger partial charge on any atom is -0.272 e. The first-order valence-corrected chi connectivity index (χ1v) is 9.03. The molecule has 1 amide bonds. The Balaban J connectivity index is 1.89. The highest BCUT2D eigenvalue weighted by molar-refractivity contribution is 8.00. The van der Waals surface area contributed by atoms with Crippen LogP contribution in [0.15, 0.2) is 40.3 Å². The molecule has 0 aromatic heterocycles. The SMILES string of the molecule is C[C@H](Sc1ccccc1)C(=O)N/N=C1/CCCC[C@@H]1CCC#N. The number of hydrogen-bond donors (Lipinski definition) is 1. The zero-order valence-corrected chi connectivity index (χ0v) is 14.3. The molecule has 0 aliphatic heterocycles. The first-order valence-electron chi connectivity index (χ1n) is 8.15. The Morgan fingerprint density at radius 1 is 1.43 bits per heavy atom. The molecule has 5 heteroatoms. The summed E-state index contributed by atoms with van der Waals surface area (Å²) in [6, 6.07) is 12.1. The van der Waals surface area contributed by atoms with E-state index in [9.17, 15) is 4.79 Å². The van der Waals surface area contributed by atoms with Gasteiger partial charge in [0, 0.05) is 22.9 Å². The van der Waals surface area contributed by atoms with Gasteiger partial charge in [0.25, 0.3) is 5.91 Å². The fraction of sp³-hybridized carbons (Fsp3) is 0.500. The van der Waals surface area contributed by atoms with Crippen molar-refractivity contribution in [2.75, 3.05) is 0 Å². The van der Waals surface area contributed by atoms with Gasteiger partial charge < -0.3 is 0 Å². The second kappa shape index (κ2) is 9.36. The van der Waals surface area contributed by atoms with Crippen LogP contribution in [0.1, 0.15) is 45.4 Å². The van der Waals surface area contributed by atoms with Crippen LogP contribution in [0.2, 0.25) is 0 Å². The zero-order valence-electron chi connectivity index (χ0n) is 13.5. The highest BCUT2D eigenvalue weighted by Crippen LogP contribution is 2.26. The van der Waals surface area contributed by atoms with Gasteiger partial charge >= 0.3 is 0 Å². The maximum atomic E-state index is 12.2. The highest BCUT2D eigenvalue weighted by atomic mass is 32.2. The van der Waals surface area contributed by atoms with Crippen molar-refractivity contribution < 1.29 is 4.79 Å².